The molecule has 5 heteroatoms. The first-order valence-electron chi connectivity index (χ1n) is 4.83. The maximum absolute atomic E-state index is 11.5. The van der Waals surface area contributed by atoms with Crippen LogP contribution in [0.25, 0.3) is 10.1 Å². The molecule has 0 radical (unpaired) electrons. The van der Waals surface area contributed by atoms with E-state index < -0.39 is 12.1 Å². The van der Waals surface area contributed by atoms with Crippen LogP contribution in [0.2, 0.25) is 0 Å². The van der Waals surface area contributed by atoms with Crippen molar-refractivity contribution in [1.29, 1.82) is 0 Å². The van der Waals surface area contributed by atoms with E-state index in [9.17, 15) is 9.59 Å². The van der Waals surface area contributed by atoms with E-state index in [2.05, 4.69) is 10.6 Å². The van der Waals surface area contributed by atoms with Gasteiger partial charge in [0.15, 0.2) is 0 Å². The molecule has 2 aromatic rings. The van der Waals surface area contributed by atoms with Crippen LogP contribution in [-0.4, -0.2) is 11.9 Å². The Balaban J connectivity index is 2.13. The summed E-state index contributed by atoms with van der Waals surface area (Å²) < 4.78 is 1.12. The molecule has 1 fully saturated rings. The van der Waals surface area contributed by atoms with Gasteiger partial charge in [0.2, 0.25) is 0 Å². The highest BCUT2D eigenvalue weighted by atomic mass is 32.1. The largest absolute Gasteiger partial charge is 0.322 e. The topological polar surface area (TPSA) is 58.2 Å². The normalized spacial score (nSPS) is 19.9. The maximum Gasteiger partial charge on any atom is 0.322 e. The molecule has 1 aliphatic heterocycles. The minimum atomic E-state index is -0.552. The molecule has 1 aromatic carbocycles. The van der Waals surface area contributed by atoms with Gasteiger partial charge in [0.25, 0.3) is 5.91 Å². The van der Waals surface area contributed by atoms with Crippen LogP contribution >= 0.6 is 11.3 Å². The highest BCUT2D eigenvalue weighted by Crippen LogP contribution is 2.31. The van der Waals surface area contributed by atoms with Gasteiger partial charge >= 0.3 is 6.03 Å². The predicted octanol–water partition coefficient (Wildman–Crippen LogP) is 1.78. The molecule has 0 aliphatic carbocycles. The van der Waals surface area contributed by atoms with Gasteiger partial charge in [-0.2, -0.15) is 0 Å². The number of fused-ring (bicyclic) bond motifs is 1. The first kappa shape index (κ1) is 9.35. The Labute approximate surface area is 95.3 Å². The fraction of sp³-hybridized carbons (Fsp3) is 0.0909. The number of hydrogen-bond acceptors (Lipinski definition) is 3. The second-order valence-electron chi connectivity index (χ2n) is 3.58. The SMILES string of the molecule is O=C1NC(=O)[C@@H](c2csc3ccccc23)N1. The second-order valence-corrected chi connectivity index (χ2v) is 4.49. The zero-order valence-corrected chi connectivity index (χ0v) is 9.01. The fourth-order valence-electron chi connectivity index (χ4n) is 1.86. The Bertz CT molecular complexity index is 590. The zero-order valence-electron chi connectivity index (χ0n) is 8.19. The average Bonchev–Trinajstić information content (AvgIpc) is 2.81. The summed E-state index contributed by atoms with van der Waals surface area (Å²) in [4.78, 5) is 22.6. The summed E-state index contributed by atoms with van der Waals surface area (Å²) in [6, 6.07) is 6.86. The third-order valence-electron chi connectivity index (χ3n) is 2.60. The molecule has 0 bridgehead atoms. The number of nitrogens with one attached hydrogen (secondary N) is 2. The minimum Gasteiger partial charge on any atom is -0.322 e. The van der Waals surface area contributed by atoms with Gasteiger partial charge in [-0.15, -0.1) is 11.3 Å². The third-order valence-corrected chi connectivity index (χ3v) is 3.58. The van der Waals surface area contributed by atoms with E-state index >= 15 is 0 Å². The van der Waals surface area contributed by atoms with Gasteiger partial charge < -0.3 is 5.32 Å². The van der Waals surface area contributed by atoms with Crippen molar-refractivity contribution in [2.75, 3.05) is 0 Å². The standard InChI is InChI=1S/C11H8N2O2S/c14-10-9(12-11(15)13-10)7-5-16-8-4-2-1-3-6(7)8/h1-5,9H,(H2,12,13,14,15)/t9-/m1/s1. The Morgan fingerprint density at radius 2 is 2.00 bits per heavy atom. The molecule has 2 N–H and O–H groups in total. The number of hydrogen-bond donors (Lipinski definition) is 2. The van der Waals surface area contributed by atoms with E-state index in [1.54, 1.807) is 11.3 Å². The number of urea groups is 1. The summed E-state index contributed by atoms with van der Waals surface area (Å²) in [5.74, 6) is -0.284. The monoisotopic (exact) mass is 232 g/mol. The van der Waals surface area contributed by atoms with Crippen LogP contribution in [0.3, 0.4) is 0 Å². The molecule has 1 saturated heterocycles. The van der Waals surface area contributed by atoms with Gasteiger partial charge in [0.05, 0.1) is 0 Å². The molecule has 0 saturated carbocycles. The molecule has 1 atom stereocenters. The number of rotatable bonds is 1. The molecule has 2 heterocycles. The molecule has 80 valence electrons. The van der Waals surface area contributed by atoms with Gasteiger partial charge in [-0.25, -0.2) is 4.79 Å². The summed E-state index contributed by atoms with van der Waals surface area (Å²) in [5, 5.41) is 7.78. The first-order chi connectivity index (χ1) is 7.75. The van der Waals surface area contributed by atoms with Crippen molar-refractivity contribution < 1.29 is 9.59 Å². The molecule has 0 spiro atoms. The molecule has 3 rings (SSSR count). The van der Waals surface area contributed by atoms with Crippen LogP contribution in [0.1, 0.15) is 11.6 Å². The molecule has 1 aliphatic rings. The van der Waals surface area contributed by atoms with Crippen molar-refractivity contribution in [3.63, 3.8) is 0 Å². The minimum absolute atomic E-state index is 0.284. The molecular formula is C11H8N2O2S. The fourth-order valence-corrected chi connectivity index (χ4v) is 2.84. The predicted molar refractivity (Wildman–Crippen MR) is 61.2 cm³/mol. The quantitative estimate of drug-likeness (QED) is 0.736. The summed E-state index contributed by atoms with van der Waals surface area (Å²) in [7, 11) is 0. The van der Waals surface area contributed by atoms with Crippen LogP contribution in [0.5, 0.6) is 0 Å². The van der Waals surface area contributed by atoms with Crippen molar-refractivity contribution in [2.45, 2.75) is 6.04 Å². The maximum atomic E-state index is 11.5. The highest BCUT2D eigenvalue weighted by molar-refractivity contribution is 7.17. The van der Waals surface area contributed by atoms with E-state index in [0.29, 0.717) is 0 Å². The van der Waals surface area contributed by atoms with E-state index in [1.165, 1.54) is 0 Å². The molecule has 3 amide bonds. The smallest absolute Gasteiger partial charge is 0.322 e. The van der Waals surface area contributed by atoms with Crippen LogP contribution in [0.15, 0.2) is 29.6 Å². The molecule has 1 aromatic heterocycles. The number of carbonyl (C=O) groups excluding carboxylic acids is 2. The van der Waals surface area contributed by atoms with Crippen molar-refractivity contribution in [3.05, 3.63) is 35.2 Å². The van der Waals surface area contributed by atoms with E-state index in [1.807, 2.05) is 29.6 Å². The molecule has 16 heavy (non-hydrogen) atoms. The van der Waals surface area contributed by atoms with E-state index in [0.717, 1.165) is 15.6 Å². The molecule has 4 nitrogen and oxygen atoms in total. The van der Waals surface area contributed by atoms with Crippen LogP contribution in [0, 0.1) is 0 Å². The molecule has 0 unspecified atom stereocenters. The summed E-state index contributed by atoms with van der Waals surface area (Å²) >= 11 is 1.57. The lowest BCUT2D eigenvalue weighted by molar-refractivity contribution is -0.120. The Morgan fingerprint density at radius 1 is 1.19 bits per heavy atom. The van der Waals surface area contributed by atoms with Crippen LogP contribution in [-0.2, 0) is 4.79 Å². The summed E-state index contributed by atoms with van der Waals surface area (Å²) in [6.07, 6.45) is 0. The zero-order chi connectivity index (χ0) is 11.1. The summed E-state index contributed by atoms with van der Waals surface area (Å²) in [5.41, 5.74) is 0.865. The number of benzene rings is 1. The number of amides is 3. The first-order valence-corrected chi connectivity index (χ1v) is 5.71. The Hall–Kier alpha value is -1.88. The molecular weight excluding hydrogens is 224 g/mol. The number of thiophene rings is 1. The van der Waals surface area contributed by atoms with Crippen molar-refractivity contribution >= 4 is 33.4 Å². The third kappa shape index (κ3) is 1.29. The average molecular weight is 232 g/mol. The van der Waals surface area contributed by atoms with Crippen LogP contribution < -0.4 is 10.6 Å². The Kier molecular flexibility index (Phi) is 1.94. The van der Waals surface area contributed by atoms with Gasteiger partial charge in [0.1, 0.15) is 6.04 Å². The number of carbonyl (C=O) groups is 2. The van der Waals surface area contributed by atoms with Crippen molar-refractivity contribution in [1.82, 2.24) is 10.6 Å². The number of imide groups is 1. The highest BCUT2D eigenvalue weighted by Gasteiger charge is 2.32. The van der Waals surface area contributed by atoms with Crippen molar-refractivity contribution in [3.8, 4) is 0 Å². The van der Waals surface area contributed by atoms with Crippen molar-refractivity contribution in [2.24, 2.45) is 0 Å². The second kappa shape index (κ2) is 3.31. The van der Waals surface area contributed by atoms with Gasteiger partial charge in [-0.1, -0.05) is 18.2 Å². The lowest BCUT2D eigenvalue weighted by Gasteiger charge is -2.05. The van der Waals surface area contributed by atoms with Gasteiger partial charge in [-0.3, -0.25) is 10.1 Å². The van der Waals surface area contributed by atoms with E-state index in [4.69, 9.17) is 0 Å². The Morgan fingerprint density at radius 3 is 2.75 bits per heavy atom. The summed E-state index contributed by atoms with van der Waals surface area (Å²) in [6.45, 7) is 0. The van der Waals surface area contributed by atoms with Crippen LogP contribution in [0.4, 0.5) is 4.79 Å². The lowest BCUT2D eigenvalue weighted by atomic mass is 10.1. The van der Waals surface area contributed by atoms with E-state index in [-0.39, 0.29) is 5.91 Å². The van der Waals surface area contributed by atoms with Gasteiger partial charge in [0, 0.05) is 10.3 Å². The van der Waals surface area contributed by atoms with Gasteiger partial charge in [-0.05, 0) is 16.8 Å². The lowest BCUT2D eigenvalue weighted by Crippen LogP contribution is -2.22.